The van der Waals surface area contributed by atoms with Gasteiger partial charge in [-0.2, -0.15) is 0 Å². The normalized spacial score (nSPS) is 10.7. The molecule has 0 aliphatic rings. The van der Waals surface area contributed by atoms with Crippen LogP contribution in [0.25, 0.3) is 22.2 Å². The van der Waals surface area contributed by atoms with Crippen LogP contribution in [-0.2, 0) is 6.42 Å². The number of aromatic carboxylic acids is 1. The number of fused-ring (bicyclic) bond motifs is 1. The third-order valence-corrected chi connectivity index (χ3v) is 3.90. The molecule has 0 bridgehead atoms. The van der Waals surface area contributed by atoms with E-state index in [-0.39, 0.29) is 16.8 Å². The molecule has 0 aliphatic heterocycles. The van der Waals surface area contributed by atoms with Crippen molar-refractivity contribution in [2.24, 2.45) is 0 Å². The summed E-state index contributed by atoms with van der Waals surface area (Å²) in [7, 11) is 0. The highest BCUT2D eigenvalue weighted by atomic mass is 16.4. The van der Waals surface area contributed by atoms with Gasteiger partial charge in [0.05, 0.1) is 16.8 Å². The van der Waals surface area contributed by atoms with E-state index in [1.165, 1.54) is 18.2 Å². The summed E-state index contributed by atoms with van der Waals surface area (Å²) in [6, 6.07) is 12.7. The van der Waals surface area contributed by atoms with Crippen molar-refractivity contribution in [1.29, 1.82) is 0 Å². The van der Waals surface area contributed by atoms with Crippen molar-refractivity contribution < 1.29 is 15.0 Å². The van der Waals surface area contributed by atoms with Crippen LogP contribution >= 0.6 is 0 Å². The van der Waals surface area contributed by atoms with Crippen molar-refractivity contribution in [3.63, 3.8) is 0 Å². The Morgan fingerprint density at radius 2 is 1.88 bits per heavy atom. The van der Waals surface area contributed by atoms with Crippen LogP contribution in [0, 0.1) is 0 Å². The topological polar surface area (TPSA) is 87.5 Å². The Balaban J connectivity index is 2.38. The van der Waals surface area contributed by atoms with Gasteiger partial charge in [0.1, 0.15) is 0 Å². The summed E-state index contributed by atoms with van der Waals surface area (Å²) in [6.45, 7) is 2.00. The van der Waals surface area contributed by atoms with Gasteiger partial charge < -0.3 is 10.2 Å². The molecule has 24 heavy (non-hydrogen) atoms. The molecule has 3 rings (SSSR count). The molecule has 0 saturated heterocycles. The molecule has 0 unspecified atom stereocenters. The summed E-state index contributed by atoms with van der Waals surface area (Å²) >= 11 is 0. The largest absolute Gasteiger partial charge is 0.504 e. The van der Waals surface area contributed by atoms with Crippen LogP contribution in [0.1, 0.15) is 22.8 Å². The fourth-order valence-electron chi connectivity index (χ4n) is 2.60. The van der Waals surface area contributed by atoms with E-state index in [4.69, 9.17) is 0 Å². The van der Waals surface area contributed by atoms with Crippen molar-refractivity contribution in [3.8, 4) is 17.0 Å². The van der Waals surface area contributed by atoms with E-state index >= 15 is 0 Å². The van der Waals surface area contributed by atoms with Gasteiger partial charge in [-0.25, -0.2) is 9.78 Å². The minimum absolute atomic E-state index is 0.0796. The minimum Gasteiger partial charge on any atom is -0.504 e. The molecular formula is C19H15NO4. The number of hydrogen-bond donors (Lipinski definition) is 2. The lowest BCUT2D eigenvalue weighted by molar-refractivity contribution is 0.0699. The molecular weight excluding hydrogens is 306 g/mol. The Hall–Kier alpha value is -3.21. The smallest absolute Gasteiger partial charge is 0.336 e. The van der Waals surface area contributed by atoms with Crippen LogP contribution < -0.4 is 5.43 Å². The SMILES string of the molecule is CCc1ccc2c(C(=O)O)cc(-c3ccccc(=O)c3O)nc2c1. The zero-order chi connectivity index (χ0) is 17.3. The van der Waals surface area contributed by atoms with E-state index in [1.54, 1.807) is 18.2 Å². The number of rotatable bonds is 3. The second kappa shape index (κ2) is 6.12. The molecule has 0 saturated carbocycles. The van der Waals surface area contributed by atoms with E-state index in [0.29, 0.717) is 10.9 Å². The molecule has 0 amide bonds. The first kappa shape index (κ1) is 15.7. The quantitative estimate of drug-likeness (QED) is 0.773. The summed E-state index contributed by atoms with van der Waals surface area (Å²) in [6.07, 6.45) is 0.792. The zero-order valence-electron chi connectivity index (χ0n) is 13.0. The Morgan fingerprint density at radius 3 is 2.58 bits per heavy atom. The summed E-state index contributed by atoms with van der Waals surface area (Å²) < 4.78 is 0. The van der Waals surface area contributed by atoms with Gasteiger partial charge in [0.15, 0.2) is 5.75 Å². The Bertz CT molecular complexity index is 1010. The molecule has 120 valence electrons. The van der Waals surface area contributed by atoms with E-state index in [1.807, 2.05) is 19.1 Å². The first-order valence-corrected chi connectivity index (χ1v) is 7.51. The number of aromatic hydroxyl groups is 1. The van der Waals surface area contributed by atoms with Crippen molar-refractivity contribution in [2.45, 2.75) is 13.3 Å². The van der Waals surface area contributed by atoms with Gasteiger partial charge >= 0.3 is 5.97 Å². The average molecular weight is 321 g/mol. The fraction of sp³-hybridized carbons (Fsp3) is 0.105. The van der Waals surface area contributed by atoms with Crippen LogP contribution in [0.5, 0.6) is 5.75 Å². The number of aryl methyl sites for hydroxylation is 1. The van der Waals surface area contributed by atoms with Crippen LogP contribution in [0.4, 0.5) is 0 Å². The number of carboxylic acids is 1. The summed E-state index contributed by atoms with van der Waals surface area (Å²) in [5.41, 5.74) is 1.53. The number of nitrogens with zero attached hydrogens (tertiary/aromatic N) is 1. The molecule has 5 heteroatoms. The molecule has 0 radical (unpaired) electrons. The minimum atomic E-state index is -1.09. The first-order valence-electron chi connectivity index (χ1n) is 7.51. The second-order valence-electron chi connectivity index (χ2n) is 5.41. The molecule has 0 aliphatic carbocycles. The van der Waals surface area contributed by atoms with E-state index in [2.05, 4.69) is 4.98 Å². The molecule has 2 N–H and O–H groups in total. The highest BCUT2D eigenvalue weighted by Crippen LogP contribution is 2.29. The molecule has 0 atom stereocenters. The predicted molar refractivity (Wildman–Crippen MR) is 91.5 cm³/mol. The summed E-state index contributed by atoms with van der Waals surface area (Å²) in [5, 5.41) is 20.1. The monoisotopic (exact) mass is 321 g/mol. The fourth-order valence-corrected chi connectivity index (χ4v) is 2.60. The lowest BCUT2D eigenvalue weighted by Crippen LogP contribution is -2.02. The number of benzene rings is 1. The Morgan fingerprint density at radius 1 is 1.12 bits per heavy atom. The average Bonchev–Trinajstić information content (AvgIpc) is 2.75. The summed E-state index contributed by atoms with van der Waals surface area (Å²) in [5.74, 6) is -1.54. The lowest BCUT2D eigenvalue weighted by Gasteiger charge is -2.08. The van der Waals surface area contributed by atoms with Crippen LogP contribution in [0.3, 0.4) is 0 Å². The highest BCUT2D eigenvalue weighted by molar-refractivity contribution is 6.04. The third-order valence-electron chi connectivity index (χ3n) is 3.90. The van der Waals surface area contributed by atoms with Crippen molar-refractivity contribution in [3.05, 3.63) is 69.9 Å². The van der Waals surface area contributed by atoms with Gasteiger partial charge in [-0.15, -0.1) is 0 Å². The Kier molecular flexibility index (Phi) is 4.00. The molecule has 5 nitrogen and oxygen atoms in total. The van der Waals surface area contributed by atoms with Crippen LogP contribution in [0.2, 0.25) is 0 Å². The number of aromatic nitrogens is 1. The summed E-state index contributed by atoms with van der Waals surface area (Å²) in [4.78, 5) is 27.9. The molecule has 3 aromatic rings. The highest BCUT2D eigenvalue weighted by Gasteiger charge is 2.15. The van der Waals surface area contributed by atoms with Gasteiger partial charge in [-0.05, 0) is 36.2 Å². The van der Waals surface area contributed by atoms with E-state index in [9.17, 15) is 19.8 Å². The molecule has 2 aromatic carbocycles. The van der Waals surface area contributed by atoms with Crippen molar-refractivity contribution in [1.82, 2.24) is 4.98 Å². The zero-order valence-corrected chi connectivity index (χ0v) is 13.0. The third kappa shape index (κ3) is 2.72. The maximum atomic E-state index is 11.8. The number of hydrogen-bond acceptors (Lipinski definition) is 4. The van der Waals surface area contributed by atoms with Crippen LogP contribution in [-0.4, -0.2) is 21.2 Å². The van der Waals surface area contributed by atoms with Gasteiger partial charge in [-0.1, -0.05) is 31.2 Å². The van der Waals surface area contributed by atoms with Gasteiger partial charge in [0.25, 0.3) is 0 Å². The lowest BCUT2D eigenvalue weighted by atomic mass is 10.0. The van der Waals surface area contributed by atoms with Crippen LogP contribution in [0.15, 0.2) is 53.3 Å². The molecule has 1 heterocycles. The maximum absolute atomic E-state index is 11.8. The molecule has 1 aromatic heterocycles. The Labute approximate surface area is 137 Å². The molecule has 0 spiro atoms. The first-order chi connectivity index (χ1) is 11.5. The van der Waals surface area contributed by atoms with Gasteiger partial charge in [-0.3, -0.25) is 4.79 Å². The van der Waals surface area contributed by atoms with Gasteiger partial charge in [0, 0.05) is 10.9 Å². The molecule has 0 fully saturated rings. The van der Waals surface area contributed by atoms with E-state index < -0.39 is 17.1 Å². The predicted octanol–water partition coefficient (Wildman–Crippen LogP) is 3.23. The number of carboxylic acid groups (broad SMARTS) is 1. The van der Waals surface area contributed by atoms with E-state index in [0.717, 1.165) is 12.0 Å². The van der Waals surface area contributed by atoms with Crippen molar-refractivity contribution >= 4 is 16.9 Å². The second-order valence-corrected chi connectivity index (χ2v) is 5.41. The maximum Gasteiger partial charge on any atom is 0.336 e. The van der Waals surface area contributed by atoms with Gasteiger partial charge in [0.2, 0.25) is 5.43 Å². The standard InChI is InChI=1S/C19H15NO4/c1-2-11-7-8-12-14(19(23)24)10-16(20-15(12)9-11)13-5-3-4-6-17(21)18(13)22/h3-10H,2H2,1H3,(H,21,22)(H,23,24). The van der Waals surface area contributed by atoms with Crippen molar-refractivity contribution in [2.75, 3.05) is 0 Å². The number of pyridine rings is 1. The number of carbonyl (C=O) groups is 1.